The van der Waals surface area contributed by atoms with Crippen LogP contribution >= 0.6 is 0 Å². The molecule has 1 aromatic heterocycles. The number of unbranched alkanes of at least 4 members (excludes halogenated alkanes) is 1. The fourth-order valence-electron chi connectivity index (χ4n) is 7.07. The van der Waals surface area contributed by atoms with Crippen molar-refractivity contribution in [1.29, 1.82) is 0 Å². The van der Waals surface area contributed by atoms with Gasteiger partial charge in [-0.2, -0.15) is 0 Å². The van der Waals surface area contributed by atoms with E-state index in [9.17, 15) is 0 Å². The summed E-state index contributed by atoms with van der Waals surface area (Å²) in [5, 5.41) is 15.8. The van der Waals surface area contributed by atoms with Gasteiger partial charge in [0.05, 0.1) is 22.9 Å². The van der Waals surface area contributed by atoms with Crippen LogP contribution in [0.5, 0.6) is 5.75 Å². The maximum absolute atomic E-state index is 6.52. The van der Waals surface area contributed by atoms with E-state index in [0.717, 1.165) is 52.3 Å². The van der Waals surface area contributed by atoms with Crippen LogP contribution in [0.2, 0.25) is 0 Å². The van der Waals surface area contributed by atoms with Crippen molar-refractivity contribution in [3.63, 3.8) is 0 Å². The van der Waals surface area contributed by atoms with Crippen LogP contribution in [0.3, 0.4) is 0 Å². The van der Waals surface area contributed by atoms with E-state index in [2.05, 4.69) is 115 Å². The van der Waals surface area contributed by atoms with Crippen molar-refractivity contribution in [2.75, 3.05) is 0 Å². The molecule has 41 heavy (non-hydrogen) atoms. The summed E-state index contributed by atoms with van der Waals surface area (Å²) in [5.74, 6) is 2.19. The molecule has 0 bridgehead atoms. The Labute approximate surface area is 243 Å². The summed E-state index contributed by atoms with van der Waals surface area (Å²) in [5.41, 5.74) is 9.16. The fraction of sp³-hybridized carbons (Fsp3) is 0.429. The number of hydrogen-bond donors (Lipinski definition) is 4. The third-order valence-electron chi connectivity index (χ3n) is 9.82. The number of nitrogens with zero attached hydrogens (tertiary/aromatic N) is 1. The number of piperidine rings is 1. The zero-order chi connectivity index (χ0) is 28.2. The highest BCUT2D eigenvalue weighted by Gasteiger charge is 2.50. The minimum atomic E-state index is -0.0966. The maximum Gasteiger partial charge on any atom is 0.173 e. The highest BCUT2D eigenvalue weighted by atomic mass is 16.5. The first kappa shape index (κ1) is 26.3. The lowest BCUT2D eigenvalue weighted by Gasteiger charge is -2.56. The largest absolute Gasteiger partial charge is 0.470 e. The monoisotopic (exact) mass is 549 g/mol. The van der Waals surface area contributed by atoms with Crippen molar-refractivity contribution in [3.8, 4) is 17.0 Å². The zero-order valence-corrected chi connectivity index (χ0v) is 24.8. The van der Waals surface area contributed by atoms with Gasteiger partial charge in [0.2, 0.25) is 0 Å². The molecule has 6 nitrogen and oxygen atoms in total. The minimum absolute atomic E-state index is 0.0966. The molecule has 2 fully saturated rings. The van der Waals surface area contributed by atoms with Crippen LogP contribution in [0.1, 0.15) is 77.2 Å². The van der Waals surface area contributed by atoms with E-state index in [1.165, 1.54) is 47.8 Å². The van der Waals surface area contributed by atoms with Crippen molar-refractivity contribution in [2.45, 2.75) is 84.3 Å². The lowest BCUT2D eigenvalue weighted by atomic mass is 9.66. The SMILES string of the molecule is C=C(N/C(=C\C)c1ccc2c(c1)cc1n2C(C)Oc2cc(C3=CNC(C4NC5CCC54)N3)ccc2-1)C(C)CCCC. The molecule has 4 heterocycles. The number of rotatable bonds is 9. The predicted octanol–water partition coefficient (Wildman–Crippen LogP) is 7.08. The number of nitrogens with one attached hydrogen (secondary N) is 4. The fourth-order valence-corrected chi connectivity index (χ4v) is 7.07. The summed E-state index contributed by atoms with van der Waals surface area (Å²) in [6.45, 7) is 13.1. The molecule has 4 aliphatic rings. The zero-order valence-electron chi connectivity index (χ0n) is 24.8. The Morgan fingerprint density at radius 2 is 2.07 bits per heavy atom. The molecule has 214 valence electrons. The number of benzene rings is 2. The summed E-state index contributed by atoms with van der Waals surface area (Å²) in [7, 11) is 0. The summed E-state index contributed by atoms with van der Waals surface area (Å²) in [6.07, 6.45) is 10.7. The van der Waals surface area contributed by atoms with E-state index in [0.29, 0.717) is 12.0 Å². The van der Waals surface area contributed by atoms with Gasteiger partial charge in [-0.05, 0) is 80.8 Å². The van der Waals surface area contributed by atoms with E-state index < -0.39 is 0 Å². The molecule has 7 rings (SSSR count). The Balaban J connectivity index is 1.13. The van der Waals surface area contributed by atoms with Crippen molar-refractivity contribution < 1.29 is 4.74 Å². The second kappa shape index (κ2) is 10.3. The van der Waals surface area contributed by atoms with Gasteiger partial charge in [-0.25, -0.2) is 0 Å². The standard InChI is InChI=1S/C35H43N5O/c1-6-8-9-20(3)21(4)37-28(7-2)23-11-15-31-25(16-23)17-32-27-12-10-24(18-33(27)41-22(5)40(31)32)30-19-36-35(39-30)34-26-13-14-29(26)38-34/h7,10-12,15-20,22,26,29,34-39H,4,6,8-9,13-14H2,1-3,5H3/b28-7-. The van der Waals surface area contributed by atoms with Gasteiger partial charge in [-0.1, -0.05) is 51.5 Å². The van der Waals surface area contributed by atoms with Gasteiger partial charge in [-0.15, -0.1) is 0 Å². The number of ether oxygens (including phenoxy) is 1. The molecule has 4 N–H and O–H groups in total. The van der Waals surface area contributed by atoms with E-state index in [1.54, 1.807) is 0 Å². The van der Waals surface area contributed by atoms with Gasteiger partial charge in [-0.3, -0.25) is 0 Å². The number of aromatic nitrogens is 1. The second-order valence-electron chi connectivity index (χ2n) is 12.4. The van der Waals surface area contributed by atoms with E-state index in [1.807, 2.05) is 0 Å². The van der Waals surface area contributed by atoms with Crippen molar-refractivity contribution in [3.05, 3.63) is 78.1 Å². The molecule has 6 unspecified atom stereocenters. The van der Waals surface area contributed by atoms with Gasteiger partial charge >= 0.3 is 0 Å². The maximum atomic E-state index is 6.52. The Bertz CT molecular complexity index is 1560. The van der Waals surface area contributed by atoms with Crippen LogP contribution < -0.4 is 26.0 Å². The third-order valence-corrected chi connectivity index (χ3v) is 9.82. The molecule has 0 spiro atoms. The van der Waals surface area contributed by atoms with Crippen molar-refractivity contribution in [1.82, 2.24) is 25.8 Å². The first-order valence-electron chi connectivity index (χ1n) is 15.5. The lowest BCUT2D eigenvalue weighted by Crippen LogP contribution is -2.73. The van der Waals surface area contributed by atoms with Crippen LogP contribution in [0.4, 0.5) is 0 Å². The van der Waals surface area contributed by atoms with Crippen LogP contribution in [0.25, 0.3) is 33.6 Å². The van der Waals surface area contributed by atoms with E-state index in [4.69, 9.17) is 4.74 Å². The Kier molecular flexibility index (Phi) is 6.61. The second-order valence-corrected chi connectivity index (χ2v) is 12.4. The molecule has 6 atom stereocenters. The highest BCUT2D eigenvalue weighted by Crippen LogP contribution is 2.44. The van der Waals surface area contributed by atoms with E-state index >= 15 is 0 Å². The summed E-state index contributed by atoms with van der Waals surface area (Å²) >= 11 is 0. The molecule has 3 aromatic rings. The first-order valence-corrected chi connectivity index (χ1v) is 15.5. The number of fused-ring (bicyclic) bond motifs is 6. The van der Waals surface area contributed by atoms with E-state index in [-0.39, 0.29) is 12.4 Å². The molecule has 3 aliphatic heterocycles. The molecule has 0 radical (unpaired) electrons. The molecule has 2 aromatic carbocycles. The Morgan fingerprint density at radius 3 is 2.80 bits per heavy atom. The molecule has 1 saturated heterocycles. The minimum Gasteiger partial charge on any atom is -0.470 e. The molecular weight excluding hydrogens is 506 g/mol. The third kappa shape index (κ3) is 4.44. The summed E-state index contributed by atoms with van der Waals surface area (Å²) in [6, 6.07) is 16.9. The molecule has 0 amide bonds. The molecule has 6 heteroatoms. The molecular formula is C35H43N5O. The van der Waals surface area contributed by atoms with Crippen LogP contribution in [-0.4, -0.2) is 22.8 Å². The average molecular weight is 550 g/mol. The smallest absolute Gasteiger partial charge is 0.173 e. The lowest BCUT2D eigenvalue weighted by molar-refractivity contribution is 0.0203. The molecule has 1 saturated carbocycles. The van der Waals surface area contributed by atoms with Gasteiger partial charge in [0.15, 0.2) is 6.23 Å². The van der Waals surface area contributed by atoms with Gasteiger partial charge < -0.3 is 30.6 Å². The van der Waals surface area contributed by atoms with Crippen LogP contribution in [0.15, 0.2) is 67.0 Å². The van der Waals surface area contributed by atoms with Crippen LogP contribution in [0, 0.1) is 11.8 Å². The molecule has 1 aliphatic carbocycles. The highest BCUT2D eigenvalue weighted by molar-refractivity contribution is 5.91. The van der Waals surface area contributed by atoms with Gasteiger partial charge in [0, 0.05) is 40.1 Å². The van der Waals surface area contributed by atoms with Crippen molar-refractivity contribution in [2.24, 2.45) is 11.8 Å². The predicted molar refractivity (Wildman–Crippen MR) is 169 cm³/mol. The van der Waals surface area contributed by atoms with Crippen LogP contribution in [-0.2, 0) is 0 Å². The topological polar surface area (TPSA) is 62.3 Å². The normalized spacial score (nSPS) is 26.7. The quantitative estimate of drug-likeness (QED) is 0.230. The average Bonchev–Trinajstić information content (AvgIpc) is 3.61. The Hall–Kier alpha value is -3.64. The number of hydrogen-bond acceptors (Lipinski definition) is 5. The summed E-state index contributed by atoms with van der Waals surface area (Å²) < 4.78 is 8.84. The van der Waals surface area contributed by atoms with Gasteiger partial charge in [0.25, 0.3) is 0 Å². The summed E-state index contributed by atoms with van der Waals surface area (Å²) in [4.78, 5) is 0. The van der Waals surface area contributed by atoms with Crippen molar-refractivity contribution >= 4 is 22.3 Å². The Morgan fingerprint density at radius 1 is 1.20 bits per heavy atom. The number of allylic oxidation sites excluding steroid dienone is 2. The van der Waals surface area contributed by atoms with Gasteiger partial charge in [0.1, 0.15) is 11.9 Å². The first-order chi connectivity index (χ1) is 19.9.